The van der Waals surface area contributed by atoms with Gasteiger partial charge in [0.05, 0.1) is 37.6 Å². The second kappa shape index (κ2) is 10.7. The second-order valence-electron chi connectivity index (χ2n) is 9.23. The van der Waals surface area contributed by atoms with Gasteiger partial charge in [-0.3, -0.25) is 9.59 Å². The highest BCUT2D eigenvalue weighted by atomic mass is 28.3. The number of carboxylic acids is 1. The summed E-state index contributed by atoms with van der Waals surface area (Å²) in [5, 5.41) is 22.9. The van der Waals surface area contributed by atoms with Crippen molar-refractivity contribution in [2.75, 3.05) is 24.7 Å². The van der Waals surface area contributed by atoms with Gasteiger partial charge in [-0.25, -0.2) is 4.68 Å². The fraction of sp³-hybridized carbons (Fsp3) is 0.478. The number of aromatic nitrogens is 2. The third kappa shape index (κ3) is 6.28. The van der Waals surface area contributed by atoms with Crippen molar-refractivity contribution in [2.24, 2.45) is 0 Å². The Hall–Kier alpha value is -3.00. The number of aliphatic carboxylic acids is 1. The smallest absolute Gasteiger partial charge is 0.305 e. The van der Waals surface area contributed by atoms with E-state index in [4.69, 9.17) is 14.6 Å². The Bertz CT molecular complexity index is 1090. The van der Waals surface area contributed by atoms with Crippen LogP contribution < -0.4 is 10.5 Å². The molecule has 0 spiro atoms. The van der Waals surface area contributed by atoms with Crippen molar-refractivity contribution < 1.29 is 19.4 Å². The van der Waals surface area contributed by atoms with E-state index in [-0.39, 0.29) is 38.0 Å². The maximum atomic E-state index is 13.0. The van der Waals surface area contributed by atoms with Gasteiger partial charge >= 0.3 is 5.97 Å². The molecule has 1 N–H and O–H groups in total. The number of nitrogens with zero attached hydrogens (tertiary/aromatic N) is 4. The highest BCUT2D eigenvalue weighted by Gasteiger charge is 2.33. The van der Waals surface area contributed by atoms with Gasteiger partial charge in [0.1, 0.15) is 18.4 Å². The molecule has 1 aliphatic heterocycles. The summed E-state index contributed by atoms with van der Waals surface area (Å²) in [6.07, 6.45) is 1.44. The summed E-state index contributed by atoms with van der Waals surface area (Å²) in [5.41, 5.74) is 2.03. The van der Waals surface area contributed by atoms with Crippen molar-refractivity contribution in [1.82, 2.24) is 9.78 Å². The lowest BCUT2D eigenvalue weighted by atomic mass is 10.1. The lowest BCUT2D eigenvalue weighted by Crippen LogP contribution is -2.32. The highest BCUT2D eigenvalue weighted by molar-refractivity contribution is 6.76. The van der Waals surface area contributed by atoms with E-state index in [0.29, 0.717) is 18.8 Å². The Balaban J connectivity index is 1.81. The predicted octanol–water partition coefficient (Wildman–Crippen LogP) is 2.98. The Morgan fingerprint density at radius 1 is 1.27 bits per heavy atom. The molecule has 0 fully saturated rings. The maximum absolute atomic E-state index is 13.0. The standard InChI is InChI=1S/C23H30N4O5Si/c1-33(2,3)11-10-32-16-27-23(30)19(12-24)20(13-25-27)26-14-17-6-4-5-7-18(17)21(26)15-31-9-8-22(28)29/h4-7,13,21H,8-11,14-16H2,1-3H3,(H,28,29). The van der Waals surface area contributed by atoms with E-state index in [2.05, 4.69) is 24.7 Å². The minimum atomic E-state index is -1.25. The topological polar surface area (TPSA) is 118 Å². The molecule has 2 heterocycles. The summed E-state index contributed by atoms with van der Waals surface area (Å²) in [7, 11) is -1.25. The molecular weight excluding hydrogens is 440 g/mol. The molecule has 0 radical (unpaired) electrons. The Kier molecular flexibility index (Phi) is 8.02. The van der Waals surface area contributed by atoms with Gasteiger partial charge in [-0.15, -0.1) is 0 Å². The number of rotatable bonds is 11. The zero-order chi connectivity index (χ0) is 24.0. The first kappa shape index (κ1) is 24.6. The SMILES string of the molecule is C[Si](C)(C)CCOCn1ncc(N2Cc3ccccc3C2COCCC(=O)O)c(C#N)c1=O. The highest BCUT2D eigenvalue weighted by Crippen LogP contribution is 2.38. The Morgan fingerprint density at radius 3 is 2.73 bits per heavy atom. The average molecular weight is 471 g/mol. The van der Waals surface area contributed by atoms with Crippen molar-refractivity contribution in [3.8, 4) is 6.07 Å². The van der Waals surface area contributed by atoms with Crippen LogP contribution in [0.5, 0.6) is 0 Å². The molecule has 3 rings (SSSR count). The predicted molar refractivity (Wildman–Crippen MR) is 126 cm³/mol. The maximum Gasteiger partial charge on any atom is 0.305 e. The van der Waals surface area contributed by atoms with Crippen LogP contribution in [0.1, 0.15) is 29.2 Å². The fourth-order valence-electron chi connectivity index (χ4n) is 3.68. The molecule has 10 heteroatoms. The van der Waals surface area contributed by atoms with Gasteiger partial charge in [-0.2, -0.15) is 10.4 Å². The third-order valence-corrected chi connectivity index (χ3v) is 7.23. The Morgan fingerprint density at radius 2 is 2.03 bits per heavy atom. The lowest BCUT2D eigenvalue weighted by Gasteiger charge is -2.27. The summed E-state index contributed by atoms with van der Waals surface area (Å²) >= 11 is 0. The summed E-state index contributed by atoms with van der Waals surface area (Å²) in [6, 6.07) is 10.6. The quantitative estimate of drug-likeness (QED) is 0.393. The van der Waals surface area contributed by atoms with Gasteiger partial charge in [0.25, 0.3) is 5.56 Å². The van der Waals surface area contributed by atoms with Crippen LogP contribution in [0.25, 0.3) is 0 Å². The van der Waals surface area contributed by atoms with Crippen LogP contribution in [0.3, 0.4) is 0 Å². The largest absolute Gasteiger partial charge is 0.481 e. The van der Waals surface area contributed by atoms with Gasteiger partial charge in [0.15, 0.2) is 0 Å². The van der Waals surface area contributed by atoms with E-state index in [1.54, 1.807) is 0 Å². The molecular formula is C23H30N4O5Si. The monoisotopic (exact) mass is 470 g/mol. The molecule has 1 atom stereocenters. The number of ether oxygens (including phenoxy) is 2. The molecule has 0 aliphatic carbocycles. The van der Waals surface area contributed by atoms with E-state index in [9.17, 15) is 14.9 Å². The average Bonchev–Trinajstić information content (AvgIpc) is 3.12. The number of hydrogen-bond donors (Lipinski definition) is 1. The zero-order valence-corrected chi connectivity index (χ0v) is 20.3. The molecule has 176 valence electrons. The number of anilines is 1. The van der Waals surface area contributed by atoms with Gasteiger partial charge in [0, 0.05) is 21.2 Å². The van der Waals surface area contributed by atoms with E-state index >= 15 is 0 Å². The Labute approximate surface area is 194 Å². The number of nitriles is 1. The van der Waals surface area contributed by atoms with Gasteiger partial charge in [0.2, 0.25) is 0 Å². The van der Waals surface area contributed by atoms with Crippen LogP contribution in [0.15, 0.2) is 35.3 Å². The van der Waals surface area contributed by atoms with Crippen molar-refractivity contribution in [2.45, 2.75) is 51.4 Å². The fourth-order valence-corrected chi connectivity index (χ4v) is 4.43. The molecule has 1 aromatic heterocycles. The number of hydrogen-bond acceptors (Lipinski definition) is 7. The number of benzene rings is 1. The molecule has 33 heavy (non-hydrogen) atoms. The molecule has 1 aliphatic rings. The summed E-state index contributed by atoms with van der Waals surface area (Å²) in [4.78, 5) is 25.7. The van der Waals surface area contributed by atoms with Crippen LogP contribution >= 0.6 is 0 Å². The summed E-state index contributed by atoms with van der Waals surface area (Å²) in [5.74, 6) is -0.926. The van der Waals surface area contributed by atoms with Crippen LogP contribution in [0.4, 0.5) is 5.69 Å². The van der Waals surface area contributed by atoms with Gasteiger partial charge in [-0.1, -0.05) is 43.9 Å². The van der Waals surface area contributed by atoms with Gasteiger partial charge < -0.3 is 19.5 Å². The van der Waals surface area contributed by atoms with E-state index < -0.39 is 19.6 Å². The van der Waals surface area contributed by atoms with Crippen molar-refractivity contribution in [3.63, 3.8) is 0 Å². The molecule has 0 saturated carbocycles. The van der Waals surface area contributed by atoms with Crippen molar-refractivity contribution in [3.05, 3.63) is 57.5 Å². The molecule has 1 unspecified atom stereocenters. The molecule has 0 amide bonds. The molecule has 2 aromatic rings. The third-order valence-electron chi connectivity index (χ3n) is 5.52. The van der Waals surface area contributed by atoms with E-state index in [1.807, 2.05) is 35.2 Å². The van der Waals surface area contributed by atoms with Crippen LogP contribution in [-0.4, -0.2) is 48.8 Å². The molecule has 9 nitrogen and oxygen atoms in total. The first-order valence-corrected chi connectivity index (χ1v) is 14.6. The number of fused-ring (bicyclic) bond motifs is 1. The van der Waals surface area contributed by atoms with Crippen molar-refractivity contribution in [1.29, 1.82) is 5.26 Å². The minimum Gasteiger partial charge on any atom is -0.481 e. The zero-order valence-electron chi connectivity index (χ0n) is 19.3. The summed E-state index contributed by atoms with van der Waals surface area (Å²) in [6.45, 7) is 8.11. The van der Waals surface area contributed by atoms with Crippen molar-refractivity contribution >= 4 is 19.7 Å². The van der Waals surface area contributed by atoms with Crippen LogP contribution in [-0.2, 0) is 27.5 Å². The molecule has 0 bridgehead atoms. The van der Waals surface area contributed by atoms with E-state index in [1.165, 1.54) is 10.9 Å². The molecule has 0 saturated heterocycles. The minimum absolute atomic E-state index is 0.000225. The normalized spacial score (nSPS) is 15.3. The van der Waals surface area contributed by atoms with Crippen LogP contribution in [0.2, 0.25) is 25.7 Å². The van der Waals surface area contributed by atoms with E-state index in [0.717, 1.165) is 17.2 Å². The van der Waals surface area contributed by atoms with Crippen LogP contribution in [0, 0.1) is 11.3 Å². The number of carboxylic acid groups (broad SMARTS) is 1. The number of carbonyl (C=O) groups is 1. The molecule has 1 aromatic carbocycles. The first-order chi connectivity index (χ1) is 15.7. The van der Waals surface area contributed by atoms with Gasteiger partial charge in [-0.05, 0) is 17.2 Å². The lowest BCUT2D eigenvalue weighted by molar-refractivity contribution is -0.138. The second-order valence-corrected chi connectivity index (χ2v) is 14.9. The summed E-state index contributed by atoms with van der Waals surface area (Å²) < 4.78 is 12.4. The first-order valence-electron chi connectivity index (χ1n) is 10.9.